The van der Waals surface area contributed by atoms with E-state index in [4.69, 9.17) is 4.99 Å². The van der Waals surface area contributed by atoms with Gasteiger partial charge in [-0.05, 0) is 40.7 Å². The summed E-state index contributed by atoms with van der Waals surface area (Å²) in [6, 6.07) is 17.1. The Morgan fingerprint density at radius 1 is 1.00 bits per heavy atom. The fourth-order valence-corrected chi connectivity index (χ4v) is 3.98. The molecule has 0 aliphatic heterocycles. The van der Waals surface area contributed by atoms with Gasteiger partial charge in [0.2, 0.25) is 0 Å². The number of hydrogen-bond donors (Lipinski definition) is 1. The lowest BCUT2D eigenvalue weighted by Gasteiger charge is -2.19. The molecule has 27 heavy (non-hydrogen) atoms. The molecular formula is C23H28N2OS. The van der Waals surface area contributed by atoms with Gasteiger partial charge in [-0.15, -0.1) is 11.3 Å². The van der Waals surface area contributed by atoms with Crippen LogP contribution < -0.4 is 4.80 Å². The van der Waals surface area contributed by atoms with Crippen LogP contribution in [0.5, 0.6) is 0 Å². The molecule has 0 atom stereocenters. The summed E-state index contributed by atoms with van der Waals surface area (Å²) in [7, 11) is 0. The van der Waals surface area contributed by atoms with Gasteiger partial charge in [-0.3, -0.25) is 0 Å². The van der Waals surface area contributed by atoms with Crippen molar-refractivity contribution in [2.24, 2.45) is 4.99 Å². The summed E-state index contributed by atoms with van der Waals surface area (Å²) >= 11 is 1.61. The molecule has 1 N–H and O–H groups in total. The zero-order valence-electron chi connectivity index (χ0n) is 16.6. The molecule has 0 aliphatic rings. The van der Waals surface area contributed by atoms with Gasteiger partial charge in [0.1, 0.15) is 0 Å². The van der Waals surface area contributed by atoms with Crippen LogP contribution in [0.1, 0.15) is 38.8 Å². The molecular weight excluding hydrogens is 352 g/mol. The van der Waals surface area contributed by atoms with E-state index in [0.717, 1.165) is 28.2 Å². The number of aromatic nitrogens is 1. The summed E-state index contributed by atoms with van der Waals surface area (Å²) in [5.74, 6) is 0. The molecule has 3 nitrogen and oxygen atoms in total. The summed E-state index contributed by atoms with van der Waals surface area (Å²) in [5, 5.41) is 11.7. The van der Waals surface area contributed by atoms with Gasteiger partial charge >= 0.3 is 0 Å². The maximum Gasteiger partial charge on any atom is 0.190 e. The molecule has 0 aliphatic carbocycles. The van der Waals surface area contributed by atoms with Crippen molar-refractivity contribution in [2.75, 3.05) is 6.61 Å². The van der Waals surface area contributed by atoms with E-state index in [9.17, 15) is 5.11 Å². The number of hydrogen-bond acceptors (Lipinski definition) is 3. The average molecular weight is 381 g/mol. The summed E-state index contributed by atoms with van der Waals surface area (Å²) in [4.78, 5) is 5.71. The third kappa shape index (κ3) is 4.57. The predicted octanol–water partition coefficient (Wildman–Crippen LogP) is 5.30. The van der Waals surface area contributed by atoms with Crippen LogP contribution in [0.25, 0.3) is 11.3 Å². The van der Waals surface area contributed by atoms with Crippen LogP contribution in [-0.2, 0) is 18.4 Å². The van der Waals surface area contributed by atoms with Crippen molar-refractivity contribution in [2.45, 2.75) is 46.1 Å². The van der Waals surface area contributed by atoms with Crippen molar-refractivity contribution in [3.63, 3.8) is 0 Å². The largest absolute Gasteiger partial charge is 0.395 e. The fraction of sp³-hybridized carbons (Fsp3) is 0.348. The number of aryl methyl sites for hydroxylation is 1. The van der Waals surface area contributed by atoms with Crippen LogP contribution in [0.4, 0.5) is 5.69 Å². The molecule has 0 spiro atoms. The van der Waals surface area contributed by atoms with E-state index in [-0.39, 0.29) is 12.0 Å². The third-order valence-electron chi connectivity index (χ3n) is 4.74. The fourth-order valence-electron chi connectivity index (χ4n) is 3.02. The first-order valence-electron chi connectivity index (χ1n) is 9.46. The van der Waals surface area contributed by atoms with Crippen LogP contribution in [0.15, 0.2) is 58.9 Å². The van der Waals surface area contributed by atoms with Crippen molar-refractivity contribution in [1.29, 1.82) is 0 Å². The Labute approximate surface area is 165 Å². The lowest BCUT2D eigenvalue weighted by molar-refractivity contribution is 0.275. The quantitative estimate of drug-likeness (QED) is 0.641. The summed E-state index contributed by atoms with van der Waals surface area (Å²) in [6.07, 6.45) is 1.03. The van der Waals surface area contributed by atoms with E-state index in [0.29, 0.717) is 6.54 Å². The number of benzene rings is 2. The average Bonchev–Trinajstić information content (AvgIpc) is 3.04. The van der Waals surface area contributed by atoms with E-state index in [1.165, 1.54) is 11.1 Å². The van der Waals surface area contributed by atoms with Gasteiger partial charge in [-0.25, -0.2) is 4.99 Å². The first-order chi connectivity index (χ1) is 12.9. The van der Waals surface area contributed by atoms with Crippen LogP contribution in [0.2, 0.25) is 0 Å². The second-order valence-electron chi connectivity index (χ2n) is 7.74. The topological polar surface area (TPSA) is 37.5 Å². The van der Waals surface area contributed by atoms with Crippen LogP contribution >= 0.6 is 11.3 Å². The summed E-state index contributed by atoms with van der Waals surface area (Å²) in [6.45, 7) is 9.44. The Bertz CT molecular complexity index is 942. The van der Waals surface area contributed by atoms with Crippen molar-refractivity contribution in [1.82, 2.24) is 4.57 Å². The molecule has 2 aromatic carbocycles. The molecule has 4 heteroatoms. The highest BCUT2D eigenvalue weighted by Gasteiger charge is 2.14. The second kappa shape index (κ2) is 8.24. The van der Waals surface area contributed by atoms with E-state index < -0.39 is 0 Å². The van der Waals surface area contributed by atoms with Gasteiger partial charge < -0.3 is 9.67 Å². The molecule has 3 rings (SSSR count). The number of rotatable bonds is 5. The van der Waals surface area contributed by atoms with Crippen molar-refractivity contribution in [3.05, 3.63) is 69.8 Å². The molecule has 0 saturated carbocycles. The Morgan fingerprint density at radius 3 is 2.22 bits per heavy atom. The predicted molar refractivity (Wildman–Crippen MR) is 115 cm³/mol. The van der Waals surface area contributed by atoms with Gasteiger partial charge in [0.25, 0.3) is 0 Å². The number of thiazole rings is 1. The Hall–Kier alpha value is -2.17. The molecule has 0 unspecified atom stereocenters. The zero-order valence-corrected chi connectivity index (χ0v) is 17.4. The highest BCUT2D eigenvalue weighted by Crippen LogP contribution is 2.26. The monoisotopic (exact) mass is 380 g/mol. The lowest BCUT2D eigenvalue weighted by Crippen LogP contribution is -2.18. The number of aliphatic hydroxyl groups excluding tert-OH is 1. The standard InChI is InChI=1S/C23H28N2OS/c1-5-17-6-12-20(13-7-17)24-22-25(14-15-26)21(16-27-22)18-8-10-19(11-9-18)23(2,3)4/h6-13,16,26H,5,14-15H2,1-4H3. The van der Waals surface area contributed by atoms with Crippen LogP contribution in [-0.4, -0.2) is 16.3 Å². The maximum atomic E-state index is 9.56. The number of nitrogens with zero attached hydrogens (tertiary/aromatic N) is 2. The van der Waals surface area contributed by atoms with Crippen LogP contribution in [0, 0.1) is 0 Å². The van der Waals surface area contributed by atoms with E-state index in [1.54, 1.807) is 11.3 Å². The number of aliphatic hydroxyl groups is 1. The third-order valence-corrected chi connectivity index (χ3v) is 5.60. The molecule has 0 bridgehead atoms. The minimum atomic E-state index is 0.0891. The smallest absolute Gasteiger partial charge is 0.190 e. The summed E-state index contributed by atoms with van der Waals surface area (Å²) < 4.78 is 2.10. The van der Waals surface area contributed by atoms with Crippen molar-refractivity contribution >= 4 is 17.0 Å². The Morgan fingerprint density at radius 2 is 1.67 bits per heavy atom. The van der Waals surface area contributed by atoms with Gasteiger partial charge in [0.05, 0.1) is 18.0 Å². The Kier molecular flexibility index (Phi) is 5.98. The minimum absolute atomic E-state index is 0.0891. The second-order valence-corrected chi connectivity index (χ2v) is 8.57. The molecule has 0 amide bonds. The first-order valence-corrected chi connectivity index (χ1v) is 10.3. The summed E-state index contributed by atoms with van der Waals surface area (Å²) in [5.41, 5.74) is 5.95. The van der Waals surface area contributed by atoms with Gasteiger partial charge in [0, 0.05) is 11.9 Å². The van der Waals surface area contributed by atoms with Gasteiger partial charge in [-0.1, -0.05) is 64.1 Å². The van der Waals surface area contributed by atoms with Crippen molar-refractivity contribution in [3.8, 4) is 11.3 Å². The molecule has 1 heterocycles. The van der Waals surface area contributed by atoms with Gasteiger partial charge in [0.15, 0.2) is 4.80 Å². The highest BCUT2D eigenvalue weighted by molar-refractivity contribution is 7.07. The van der Waals surface area contributed by atoms with E-state index >= 15 is 0 Å². The van der Waals surface area contributed by atoms with Crippen LogP contribution in [0.3, 0.4) is 0 Å². The molecule has 1 aromatic heterocycles. The minimum Gasteiger partial charge on any atom is -0.395 e. The molecule has 0 saturated heterocycles. The Balaban J connectivity index is 2.01. The van der Waals surface area contributed by atoms with E-state index in [1.807, 2.05) is 0 Å². The molecule has 3 aromatic rings. The molecule has 142 valence electrons. The normalized spacial score (nSPS) is 12.6. The molecule has 0 fully saturated rings. The molecule has 0 radical (unpaired) electrons. The first kappa shape index (κ1) is 19.6. The zero-order chi connectivity index (χ0) is 19.4. The van der Waals surface area contributed by atoms with E-state index in [2.05, 4.69) is 86.2 Å². The van der Waals surface area contributed by atoms with Gasteiger partial charge in [-0.2, -0.15) is 0 Å². The maximum absolute atomic E-state index is 9.56. The lowest BCUT2D eigenvalue weighted by atomic mass is 9.86. The SMILES string of the molecule is CCc1ccc(N=c2scc(-c3ccc(C(C)(C)C)cc3)n2CCO)cc1. The highest BCUT2D eigenvalue weighted by atomic mass is 32.1. The van der Waals surface area contributed by atoms with Crippen molar-refractivity contribution < 1.29 is 5.11 Å².